The van der Waals surface area contributed by atoms with Gasteiger partial charge >= 0.3 is 0 Å². The summed E-state index contributed by atoms with van der Waals surface area (Å²) < 4.78 is 28.3. The van der Waals surface area contributed by atoms with Crippen molar-refractivity contribution in [3.05, 3.63) is 12.4 Å². The van der Waals surface area contributed by atoms with Gasteiger partial charge in [0, 0.05) is 26.3 Å². The molecule has 0 aliphatic carbocycles. The zero-order chi connectivity index (χ0) is 13.2. The largest absolute Gasteiger partial charge is 0.316 e. The van der Waals surface area contributed by atoms with Gasteiger partial charge in [0.25, 0.3) is 0 Å². The van der Waals surface area contributed by atoms with Crippen LogP contribution in [0.2, 0.25) is 0 Å². The summed E-state index contributed by atoms with van der Waals surface area (Å²) in [6.07, 6.45) is 4.99. The lowest BCUT2D eigenvalue weighted by Gasteiger charge is -2.34. The second kappa shape index (κ2) is 4.99. The van der Waals surface area contributed by atoms with Gasteiger partial charge in [-0.2, -0.15) is 5.10 Å². The molecule has 2 heterocycles. The van der Waals surface area contributed by atoms with Crippen molar-refractivity contribution < 1.29 is 8.42 Å². The molecule has 1 aromatic heterocycles. The molecule has 0 amide bonds. The number of sulfonamides is 1. The van der Waals surface area contributed by atoms with E-state index in [0.29, 0.717) is 6.54 Å². The molecule has 18 heavy (non-hydrogen) atoms. The molecule has 0 saturated carbocycles. The fourth-order valence-electron chi connectivity index (χ4n) is 2.16. The summed E-state index contributed by atoms with van der Waals surface area (Å²) >= 11 is 0. The Morgan fingerprint density at radius 1 is 1.61 bits per heavy atom. The molecule has 1 aliphatic heterocycles. The van der Waals surface area contributed by atoms with E-state index in [-0.39, 0.29) is 10.3 Å². The maximum atomic E-state index is 12.0. The second-order valence-corrected chi connectivity index (χ2v) is 7.03. The van der Waals surface area contributed by atoms with Crippen LogP contribution in [0.25, 0.3) is 0 Å². The van der Waals surface area contributed by atoms with E-state index in [2.05, 4.69) is 22.1 Å². The van der Waals surface area contributed by atoms with E-state index in [0.717, 1.165) is 25.9 Å². The van der Waals surface area contributed by atoms with E-state index in [1.54, 1.807) is 7.05 Å². The van der Waals surface area contributed by atoms with Gasteiger partial charge in [0.05, 0.1) is 6.20 Å². The Morgan fingerprint density at radius 2 is 2.39 bits per heavy atom. The molecule has 1 unspecified atom stereocenters. The number of nitrogens with zero attached hydrogens (tertiary/aromatic N) is 2. The molecule has 6 nitrogen and oxygen atoms in total. The summed E-state index contributed by atoms with van der Waals surface area (Å²) in [5.41, 5.74) is -0.00642. The normalized spacial score (nSPS) is 25.2. The predicted octanol–water partition coefficient (Wildman–Crippen LogP) is 0.0881. The van der Waals surface area contributed by atoms with Crippen molar-refractivity contribution in [2.24, 2.45) is 12.5 Å². The SMILES string of the molecule is Cn1cc(S(=O)(=O)NCC2(C)CCCNC2)cn1. The maximum absolute atomic E-state index is 12.0. The molecule has 102 valence electrons. The summed E-state index contributed by atoms with van der Waals surface area (Å²) in [5.74, 6) is 0. The van der Waals surface area contributed by atoms with E-state index >= 15 is 0 Å². The number of rotatable bonds is 4. The molecule has 0 aromatic carbocycles. The third kappa shape index (κ3) is 3.09. The Bertz CT molecular complexity index is 503. The Balaban J connectivity index is 2.01. The van der Waals surface area contributed by atoms with E-state index in [9.17, 15) is 8.42 Å². The topological polar surface area (TPSA) is 76.0 Å². The molecular weight excluding hydrogens is 252 g/mol. The van der Waals surface area contributed by atoms with Crippen LogP contribution in [-0.4, -0.2) is 37.8 Å². The number of piperidine rings is 1. The zero-order valence-corrected chi connectivity index (χ0v) is 11.6. The van der Waals surface area contributed by atoms with Gasteiger partial charge in [0.1, 0.15) is 4.90 Å². The highest BCUT2D eigenvalue weighted by Crippen LogP contribution is 2.24. The lowest BCUT2D eigenvalue weighted by atomic mass is 9.83. The van der Waals surface area contributed by atoms with Crippen LogP contribution in [0, 0.1) is 5.41 Å². The molecule has 0 bridgehead atoms. The summed E-state index contributed by atoms with van der Waals surface area (Å²) in [6, 6.07) is 0. The standard InChI is InChI=1S/C11H20N4O2S/c1-11(4-3-5-12-8-11)9-14-18(16,17)10-6-13-15(2)7-10/h6-7,12,14H,3-5,8-9H2,1-2H3. The summed E-state index contributed by atoms with van der Waals surface area (Å²) in [6.45, 7) is 4.43. The number of aromatic nitrogens is 2. The van der Waals surface area contributed by atoms with Crippen LogP contribution in [0.15, 0.2) is 17.3 Å². The third-order valence-electron chi connectivity index (χ3n) is 3.37. The van der Waals surface area contributed by atoms with Crippen molar-refractivity contribution in [1.82, 2.24) is 19.8 Å². The fraction of sp³-hybridized carbons (Fsp3) is 0.727. The van der Waals surface area contributed by atoms with Crippen molar-refractivity contribution in [3.8, 4) is 0 Å². The number of nitrogens with one attached hydrogen (secondary N) is 2. The smallest absolute Gasteiger partial charge is 0.243 e. The first-order valence-electron chi connectivity index (χ1n) is 6.10. The minimum Gasteiger partial charge on any atom is -0.316 e. The Hall–Kier alpha value is -0.920. The van der Waals surface area contributed by atoms with E-state index in [4.69, 9.17) is 0 Å². The van der Waals surface area contributed by atoms with Crippen LogP contribution in [0.5, 0.6) is 0 Å². The first-order valence-corrected chi connectivity index (χ1v) is 7.59. The minimum absolute atomic E-state index is 0.00642. The third-order valence-corrected chi connectivity index (χ3v) is 4.72. The lowest BCUT2D eigenvalue weighted by Crippen LogP contribution is -2.45. The Kier molecular flexibility index (Phi) is 3.74. The van der Waals surface area contributed by atoms with Gasteiger partial charge in [-0.1, -0.05) is 6.92 Å². The quantitative estimate of drug-likeness (QED) is 0.814. The highest BCUT2D eigenvalue weighted by molar-refractivity contribution is 7.89. The molecule has 1 fully saturated rings. The summed E-state index contributed by atoms with van der Waals surface area (Å²) in [4.78, 5) is 0.220. The summed E-state index contributed by atoms with van der Waals surface area (Å²) in [5, 5.41) is 7.18. The molecule has 1 atom stereocenters. The first-order chi connectivity index (χ1) is 8.41. The molecule has 0 radical (unpaired) electrons. The Labute approximate surface area is 108 Å². The average Bonchev–Trinajstić information content (AvgIpc) is 2.76. The van der Waals surface area contributed by atoms with Gasteiger partial charge in [0.2, 0.25) is 10.0 Å². The highest BCUT2D eigenvalue weighted by atomic mass is 32.2. The van der Waals surface area contributed by atoms with Gasteiger partial charge in [-0.05, 0) is 24.8 Å². The van der Waals surface area contributed by atoms with Gasteiger partial charge < -0.3 is 5.32 Å². The number of hydrogen-bond acceptors (Lipinski definition) is 4. The monoisotopic (exact) mass is 272 g/mol. The van der Waals surface area contributed by atoms with E-state index in [1.807, 2.05) is 0 Å². The van der Waals surface area contributed by atoms with Gasteiger partial charge in [-0.25, -0.2) is 13.1 Å². The van der Waals surface area contributed by atoms with Crippen molar-refractivity contribution >= 4 is 10.0 Å². The van der Waals surface area contributed by atoms with Gasteiger partial charge in [0.15, 0.2) is 0 Å². The van der Waals surface area contributed by atoms with Crippen molar-refractivity contribution in [2.45, 2.75) is 24.7 Å². The molecule has 1 aromatic rings. The molecule has 1 aliphatic rings. The molecule has 2 N–H and O–H groups in total. The molecule has 1 saturated heterocycles. The zero-order valence-electron chi connectivity index (χ0n) is 10.8. The average molecular weight is 272 g/mol. The van der Waals surface area contributed by atoms with Crippen LogP contribution < -0.4 is 10.0 Å². The van der Waals surface area contributed by atoms with Crippen LogP contribution in [0.4, 0.5) is 0 Å². The van der Waals surface area contributed by atoms with Crippen LogP contribution >= 0.6 is 0 Å². The molecular formula is C11H20N4O2S. The van der Waals surface area contributed by atoms with Crippen molar-refractivity contribution in [1.29, 1.82) is 0 Å². The number of hydrogen-bond donors (Lipinski definition) is 2. The first kappa shape index (κ1) is 13.5. The molecule has 0 spiro atoms. The fourth-order valence-corrected chi connectivity index (χ4v) is 3.34. The van der Waals surface area contributed by atoms with Crippen LogP contribution in [0.3, 0.4) is 0 Å². The van der Waals surface area contributed by atoms with Gasteiger partial charge in [-0.3, -0.25) is 4.68 Å². The van der Waals surface area contributed by atoms with Gasteiger partial charge in [-0.15, -0.1) is 0 Å². The highest BCUT2D eigenvalue weighted by Gasteiger charge is 2.29. The predicted molar refractivity (Wildman–Crippen MR) is 68.6 cm³/mol. The lowest BCUT2D eigenvalue weighted by molar-refractivity contribution is 0.238. The van der Waals surface area contributed by atoms with Crippen LogP contribution in [-0.2, 0) is 17.1 Å². The molecule has 7 heteroatoms. The minimum atomic E-state index is -3.44. The number of aryl methyl sites for hydroxylation is 1. The molecule has 2 rings (SSSR count). The van der Waals surface area contributed by atoms with Crippen LogP contribution in [0.1, 0.15) is 19.8 Å². The summed E-state index contributed by atoms with van der Waals surface area (Å²) in [7, 11) is -1.74. The van der Waals surface area contributed by atoms with Crippen molar-refractivity contribution in [3.63, 3.8) is 0 Å². The maximum Gasteiger partial charge on any atom is 0.243 e. The van der Waals surface area contributed by atoms with Crippen molar-refractivity contribution in [2.75, 3.05) is 19.6 Å². The van der Waals surface area contributed by atoms with E-state index < -0.39 is 10.0 Å². The second-order valence-electron chi connectivity index (χ2n) is 5.27. The Morgan fingerprint density at radius 3 is 2.94 bits per heavy atom. The van der Waals surface area contributed by atoms with E-state index in [1.165, 1.54) is 17.1 Å².